The SMILES string of the molecule is C#CCCCCCC.CCCC1C#CCC1(C)O. The second-order valence-electron chi connectivity index (χ2n) is 5.21. The van der Waals surface area contributed by atoms with Crippen molar-refractivity contribution in [2.75, 3.05) is 0 Å². The van der Waals surface area contributed by atoms with Gasteiger partial charge in [0.2, 0.25) is 0 Å². The van der Waals surface area contributed by atoms with Crippen LogP contribution in [0.25, 0.3) is 0 Å². The van der Waals surface area contributed by atoms with Crippen molar-refractivity contribution in [3.63, 3.8) is 0 Å². The highest BCUT2D eigenvalue weighted by Crippen LogP contribution is 2.28. The third-order valence-corrected chi connectivity index (χ3v) is 3.23. The summed E-state index contributed by atoms with van der Waals surface area (Å²) >= 11 is 0. The van der Waals surface area contributed by atoms with E-state index in [0.29, 0.717) is 6.42 Å². The van der Waals surface area contributed by atoms with Gasteiger partial charge in [0.25, 0.3) is 0 Å². The Labute approximate surface area is 113 Å². The second-order valence-corrected chi connectivity index (χ2v) is 5.21. The summed E-state index contributed by atoms with van der Waals surface area (Å²) in [5.41, 5.74) is -0.560. The third kappa shape index (κ3) is 7.41. The van der Waals surface area contributed by atoms with Crippen LogP contribution < -0.4 is 0 Å². The van der Waals surface area contributed by atoms with E-state index >= 15 is 0 Å². The molecule has 0 bridgehead atoms. The minimum atomic E-state index is -0.560. The fourth-order valence-electron chi connectivity index (χ4n) is 1.96. The first-order valence-electron chi connectivity index (χ1n) is 7.22. The number of aliphatic hydroxyl groups is 1. The van der Waals surface area contributed by atoms with Crippen molar-refractivity contribution in [3.05, 3.63) is 0 Å². The molecule has 18 heavy (non-hydrogen) atoms. The van der Waals surface area contributed by atoms with Gasteiger partial charge in [0.15, 0.2) is 0 Å². The third-order valence-electron chi connectivity index (χ3n) is 3.23. The predicted molar refractivity (Wildman–Crippen MR) is 79.0 cm³/mol. The molecule has 0 saturated heterocycles. The fraction of sp³-hybridized carbons (Fsp3) is 0.765. The monoisotopic (exact) mass is 248 g/mol. The van der Waals surface area contributed by atoms with Crippen molar-refractivity contribution in [2.24, 2.45) is 5.92 Å². The summed E-state index contributed by atoms with van der Waals surface area (Å²) in [4.78, 5) is 0. The Morgan fingerprint density at radius 3 is 2.44 bits per heavy atom. The van der Waals surface area contributed by atoms with Crippen LogP contribution in [0.5, 0.6) is 0 Å². The van der Waals surface area contributed by atoms with Crippen molar-refractivity contribution in [3.8, 4) is 24.2 Å². The van der Waals surface area contributed by atoms with E-state index < -0.39 is 5.60 Å². The quantitative estimate of drug-likeness (QED) is 0.553. The first-order chi connectivity index (χ1) is 8.58. The summed E-state index contributed by atoms with van der Waals surface area (Å²) in [7, 11) is 0. The number of rotatable bonds is 6. The Kier molecular flexibility index (Phi) is 9.53. The molecule has 1 nitrogen and oxygen atoms in total. The second kappa shape index (κ2) is 10.0. The highest BCUT2D eigenvalue weighted by molar-refractivity contribution is 5.19. The molecule has 0 aromatic heterocycles. The van der Waals surface area contributed by atoms with Crippen LogP contribution in [0.2, 0.25) is 0 Å². The van der Waals surface area contributed by atoms with Crippen molar-refractivity contribution < 1.29 is 5.11 Å². The van der Waals surface area contributed by atoms with Gasteiger partial charge in [0.1, 0.15) is 0 Å². The predicted octanol–water partition coefficient (Wildman–Crippen LogP) is 4.15. The van der Waals surface area contributed by atoms with Gasteiger partial charge in [0, 0.05) is 18.8 Å². The van der Waals surface area contributed by atoms with Crippen LogP contribution in [0.4, 0.5) is 0 Å². The summed E-state index contributed by atoms with van der Waals surface area (Å²) in [5, 5.41) is 9.66. The van der Waals surface area contributed by atoms with Gasteiger partial charge >= 0.3 is 0 Å². The Hall–Kier alpha value is -0.920. The van der Waals surface area contributed by atoms with Crippen LogP contribution in [-0.2, 0) is 0 Å². The van der Waals surface area contributed by atoms with Gasteiger partial charge < -0.3 is 5.11 Å². The average Bonchev–Trinajstić information content (AvgIpc) is 2.66. The summed E-state index contributed by atoms with van der Waals surface area (Å²) in [5.74, 6) is 8.84. The van der Waals surface area contributed by atoms with E-state index in [1.807, 2.05) is 6.92 Å². The van der Waals surface area contributed by atoms with Crippen molar-refractivity contribution in [1.29, 1.82) is 0 Å². The highest BCUT2D eigenvalue weighted by atomic mass is 16.3. The number of unbranched alkanes of at least 4 members (excludes halogenated alkanes) is 4. The molecule has 0 aromatic rings. The van der Waals surface area contributed by atoms with Crippen molar-refractivity contribution >= 4 is 0 Å². The molecule has 0 spiro atoms. The molecule has 0 radical (unpaired) electrons. The molecule has 0 saturated carbocycles. The summed E-state index contributed by atoms with van der Waals surface area (Å²) in [6.45, 7) is 6.19. The van der Waals surface area contributed by atoms with Crippen LogP contribution in [0.15, 0.2) is 0 Å². The Balaban J connectivity index is 0.000000331. The Morgan fingerprint density at radius 2 is 2.00 bits per heavy atom. The Bertz CT molecular complexity index is 298. The molecule has 1 aliphatic rings. The lowest BCUT2D eigenvalue weighted by Gasteiger charge is -2.23. The zero-order chi connectivity index (χ0) is 13.9. The molecule has 0 heterocycles. The maximum atomic E-state index is 9.66. The van der Waals surface area contributed by atoms with Gasteiger partial charge in [-0.05, 0) is 19.8 Å². The number of terminal acetylenes is 1. The lowest BCUT2D eigenvalue weighted by atomic mass is 9.88. The first kappa shape index (κ1) is 17.1. The van der Waals surface area contributed by atoms with E-state index in [1.54, 1.807) is 0 Å². The van der Waals surface area contributed by atoms with Gasteiger partial charge in [-0.3, -0.25) is 0 Å². The lowest BCUT2D eigenvalue weighted by molar-refractivity contribution is 0.0295. The molecule has 1 heteroatoms. The normalized spacial score (nSPS) is 24.5. The number of hydrogen-bond acceptors (Lipinski definition) is 1. The molecule has 2 atom stereocenters. The van der Waals surface area contributed by atoms with Gasteiger partial charge in [-0.15, -0.1) is 12.3 Å². The molecule has 0 aliphatic heterocycles. The van der Waals surface area contributed by atoms with E-state index in [4.69, 9.17) is 6.42 Å². The van der Waals surface area contributed by atoms with Gasteiger partial charge in [-0.1, -0.05) is 51.4 Å². The Morgan fingerprint density at radius 1 is 1.28 bits per heavy atom. The maximum absolute atomic E-state index is 9.66. The van der Waals surface area contributed by atoms with Crippen LogP contribution in [0.1, 0.15) is 72.1 Å². The molecular weight excluding hydrogens is 220 g/mol. The zero-order valence-corrected chi connectivity index (χ0v) is 12.3. The molecule has 1 N–H and O–H groups in total. The summed E-state index contributed by atoms with van der Waals surface area (Å²) < 4.78 is 0. The smallest absolute Gasteiger partial charge is 0.0865 e. The van der Waals surface area contributed by atoms with Gasteiger partial charge in [0.05, 0.1) is 5.60 Å². The molecule has 0 amide bonds. The topological polar surface area (TPSA) is 20.2 Å². The fourth-order valence-corrected chi connectivity index (χ4v) is 1.96. The molecule has 2 unspecified atom stereocenters. The number of hydrogen-bond donors (Lipinski definition) is 1. The van der Waals surface area contributed by atoms with Crippen LogP contribution >= 0.6 is 0 Å². The average molecular weight is 248 g/mol. The molecule has 1 rings (SSSR count). The van der Waals surface area contributed by atoms with E-state index in [-0.39, 0.29) is 5.92 Å². The molecular formula is C17H28O. The first-order valence-corrected chi connectivity index (χ1v) is 7.22. The van der Waals surface area contributed by atoms with E-state index in [0.717, 1.165) is 19.3 Å². The molecule has 102 valence electrons. The van der Waals surface area contributed by atoms with Crippen LogP contribution in [0, 0.1) is 30.1 Å². The maximum Gasteiger partial charge on any atom is 0.0865 e. The lowest BCUT2D eigenvalue weighted by Crippen LogP contribution is -2.29. The van der Waals surface area contributed by atoms with Gasteiger partial charge in [-0.2, -0.15) is 0 Å². The van der Waals surface area contributed by atoms with Crippen LogP contribution in [0.3, 0.4) is 0 Å². The minimum absolute atomic E-state index is 0.220. The molecule has 0 aromatic carbocycles. The van der Waals surface area contributed by atoms with E-state index in [1.165, 1.54) is 25.7 Å². The molecule has 0 fully saturated rings. The molecule has 1 aliphatic carbocycles. The van der Waals surface area contributed by atoms with E-state index in [9.17, 15) is 5.11 Å². The summed E-state index contributed by atoms with van der Waals surface area (Å²) in [6, 6.07) is 0. The van der Waals surface area contributed by atoms with Gasteiger partial charge in [-0.25, -0.2) is 0 Å². The minimum Gasteiger partial charge on any atom is -0.388 e. The standard InChI is InChI=1S/C9H14O.C8H14/c1-3-5-8-6-4-7-9(8,2)10;1-3-5-7-8-6-4-2/h8,10H,3,5,7H2,1-2H3;1H,4-8H2,2H3. The van der Waals surface area contributed by atoms with Crippen LogP contribution in [-0.4, -0.2) is 10.7 Å². The zero-order valence-electron chi connectivity index (χ0n) is 12.3. The van der Waals surface area contributed by atoms with Crippen molar-refractivity contribution in [1.82, 2.24) is 0 Å². The highest BCUT2D eigenvalue weighted by Gasteiger charge is 2.32. The largest absolute Gasteiger partial charge is 0.388 e. The summed E-state index contributed by atoms with van der Waals surface area (Å²) in [6.07, 6.45) is 14.0. The van der Waals surface area contributed by atoms with E-state index in [2.05, 4.69) is 31.6 Å². The van der Waals surface area contributed by atoms with Crippen molar-refractivity contribution in [2.45, 2.75) is 77.7 Å².